The van der Waals surface area contributed by atoms with Crippen molar-refractivity contribution in [2.24, 2.45) is 0 Å². The Bertz CT molecular complexity index is 891. The summed E-state index contributed by atoms with van der Waals surface area (Å²) >= 11 is 0. The van der Waals surface area contributed by atoms with E-state index in [2.05, 4.69) is 5.32 Å². The van der Waals surface area contributed by atoms with Gasteiger partial charge in [-0.2, -0.15) is 0 Å². The molecular formula is C24H31NO5. The Kier molecular flexibility index (Phi) is 8.59. The van der Waals surface area contributed by atoms with Gasteiger partial charge in [-0.05, 0) is 57.5 Å². The Morgan fingerprint density at radius 3 is 2.30 bits per heavy atom. The van der Waals surface area contributed by atoms with E-state index in [1.165, 1.54) is 0 Å². The SMILES string of the molecule is C/C=C/c1cc(C(=O)NC(C)c2ccc(OCC)c(OCC)c2)cc(OC)c1OC. The van der Waals surface area contributed by atoms with Crippen LogP contribution in [0.5, 0.6) is 23.0 Å². The van der Waals surface area contributed by atoms with E-state index in [0.29, 0.717) is 41.8 Å². The molecule has 6 nitrogen and oxygen atoms in total. The van der Waals surface area contributed by atoms with Gasteiger partial charge in [0.2, 0.25) is 0 Å². The van der Waals surface area contributed by atoms with Gasteiger partial charge in [0, 0.05) is 11.1 Å². The Balaban J connectivity index is 2.29. The van der Waals surface area contributed by atoms with Gasteiger partial charge in [-0.25, -0.2) is 0 Å². The molecule has 1 atom stereocenters. The van der Waals surface area contributed by atoms with Gasteiger partial charge >= 0.3 is 0 Å². The number of amides is 1. The zero-order valence-corrected chi connectivity index (χ0v) is 18.6. The number of allylic oxidation sites excluding steroid dienone is 1. The Morgan fingerprint density at radius 2 is 1.70 bits per heavy atom. The van der Waals surface area contributed by atoms with Gasteiger partial charge < -0.3 is 24.3 Å². The molecular weight excluding hydrogens is 382 g/mol. The van der Waals surface area contributed by atoms with Gasteiger partial charge in [0.15, 0.2) is 23.0 Å². The summed E-state index contributed by atoms with van der Waals surface area (Å²) in [5, 5.41) is 3.04. The molecule has 1 N–H and O–H groups in total. The molecule has 0 spiro atoms. The summed E-state index contributed by atoms with van der Waals surface area (Å²) in [6.07, 6.45) is 3.76. The van der Waals surface area contributed by atoms with Gasteiger partial charge in [0.05, 0.1) is 33.5 Å². The van der Waals surface area contributed by atoms with Crippen LogP contribution in [0.4, 0.5) is 0 Å². The number of nitrogens with one attached hydrogen (secondary N) is 1. The van der Waals surface area contributed by atoms with Crippen LogP contribution in [0.3, 0.4) is 0 Å². The van der Waals surface area contributed by atoms with Gasteiger partial charge in [-0.3, -0.25) is 4.79 Å². The Morgan fingerprint density at radius 1 is 1.00 bits per heavy atom. The molecule has 1 amide bonds. The molecule has 0 aliphatic rings. The van der Waals surface area contributed by atoms with Crippen LogP contribution in [0.2, 0.25) is 0 Å². The lowest BCUT2D eigenvalue weighted by molar-refractivity contribution is 0.0939. The highest BCUT2D eigenvalue weighted by Crippen LogP contribution is 2.34. The van der Waals surface area contributed by atoms with Crippen molar-refractivity contribution in [3.05, 3.63) is 53.1 Å². The van der Waals surface area contributed by atoms with E-state index in [1.807, 2.05) is 58.0 Å². The summed E-state index contributed by atoms with van der Waals surface area (Å²) in [4.78, 5) is 12.9. The fourth-order valence-corrected chi connectivity index (χ4v) is 3.13. The number of carbonyl (C=O) groups is 1. The van der Waals surface area contributed by atoms with E-state index in [4.69, 9.17) is 18.9 Å². The third kappa shape index (κ3) is 5.47. The third-order valence-electron chi connectivity index (χ3n) is 4.53. The molecule has 1 unspecified atom stereocenters. The lowest BCUT2D eigenvalue weighted by Crippen LogP contribution is -2.26. The lowest BCUT2D eigenvalue weighted by Gasteiger charge is -2.18. The van der Waals surface area contributed by atoms with E-state index >= 15 is 0 Å². The van der Waals surface area contributed by atoms with Crippen molar-refractivity contribution in [3.63, 3.8) is 0 Å². The summed E-state index contributed by atoms with van der Waals surface area (Å²) in [7, 11) is 3.13. The van der Waals surface area contributed by atoms with E-state index in [9.17, 15) is 4.79 Å². The number of carbonyl (C=O) groups excluding carboxylic acids is 1. The zero-order chi connectivity index (χ0) is 22.1. The molecule has 30 heavy (non-hydrogen) atoms. The molecule has 0 saturated carbocycles. The first-order valence-corrected chi connectivity index (χ1v) is 10.1. The van der Waals surface area contributed by atoms with Gasteiger partial charge in [-0.1, -0.05) is 18.2 Å². The Labute approximate surface area is 178 Å². The molecule has 0 aliphatic heterocycles. The van der Waals surface area contributed by atoms with Crippen LogP contribution in [0, 0.1) is 0 Å². The van der Waals surface area contributed by atoms with E-state index in [-0.39, 0.29) is 11.9 Å². The van der Waals surface area contributed by atoms with Crippen LogP contribution in [-0.4, -0.2) is 33.3 Å². The predicted octanol–water partition coefficient (Wildman–Crippen LogP) is 5.03. The number of hydrogen-bond donors (Lipinski definition) is 1. The minimum Gasteiger partial charge on any atom is -0.493 e. The lowest BCUT2D eigenvalue weighted by atomic mass is 10.0. The fraction of sp³-hybridized carbons (Fsp3) is 0.375. The molecule has 0 fully saturated rings. The van der Waals surface area contributed by atoms with Crippen LogP contribution in [-0.2, 0) is 0 Å². The molecule has 0 aliphatic carbocycles. The number of benzene rings is 2. The monoisotopic (exact) mass is 413 g/mol. The van der Waals surface area contributed by atoms with Crippen LogP contribution in [0.15, 0.2) is 36.4 Å². The number of hydrogen-bond acceptors (Lipinski definition) is 5. The van der Waals surface area contributed by atoms with E-state index < -0.39 is 0 Å². The number of rotatable bonds is 10. The maximum Gasteiger partial charge on any atom is 0.251 e. The van der Waals surface area contributed by atoms with Crippen LogP contribution >= 0.6 is 0 Å². The van der Waals surface area contributed by atoms with Crippen LogP contribution in [0.25, 0.3) is 6.08 Å². The average Bonchev–Trinajstić information content (AvgIpc) is 2.74. The molecule has 2 aromatic carbocycles. The summed E-state index contributed by atoms with van der Waals surface area (Å²) in [5.74, 6) is 2.25. The van der Waals surface area contributed by atoms with Crippen molar-refractivity contribution >= 4 is 12.0 Å². The molecule has 0 heterocycles. The molecule has 6 heteroatoms. The largest absolute Gasteiger partial charge is 0.493 e. The highest BCUT2D eigenvalue weighted by atomic mass is 16.5. The molecule has 2 aromatic rings. The van der Waals surface area contributed by atoms with Crippen molar-refractivity contribution in [1.29, 1.82) is 0 Å². The quantitative estimate of drug-likeness (QED) is 0.592. The van der Waals surface area contributed by atoms with Crippen molar-refractivity contribution < 1.29 is 23.7 Å². The standard InChI is InChI=1S/C24H31NO5/c1-7-10-18-13-19(15-22(27-5)23(18)28-6)24(26)25-16(4)17-11-12-20(29-8-2)21(14-17)30-9-3/h7,10-16H,8-9H2,1-6H3,(H,25,26)/b10-7+. The minimum absolute atomic E-state index is 0.207. The molecule has 0 saturated heterocycles. The molecule has 0 aromatic heterocycles. The highest BCUT2D eigenvalue weighted by molar-refractivity contribution is 5.96. The summed E-state index contributed by atoms with van der Waals surface area (Å²) in [5.41, 5.74) is 2.19. The molecule has 162 valence electrons. The average molecular weight is 414 g/mol. The van der Waals surface area contributed by atoms with Crippen molar-refractivity contribution in [2.75, 3.05) is 27.4 Å². The van der Waals surface area contributed by atoms with Crippen molar-refractivity contribution in [1.82, 2.24) is 5.32 Å². The second-order valence-electron chi connectivity index (χ2n) is 6.57. The Hall–Kier alpha value is -3.15. The predicted molar refractivity (Wildman–Crippen MR) is 119 cm³/mol. The molecule has 2 rings (SSSR count). The van der Waals surface area contributed by atoms with Crippen LogP contribution in [0.1, 0.15) is 55.2 Å². The van der Waals surface area contributed by atoms with E-state index in [0.717, 1.165) is 11.1 Å². The maximum atomic E-state index is 12.9. The fourth-order valence-electron chi connectivity index (χ4n) is 3.13. The second-order valence-corrected chi connectivity index (χ2v) is 6.57. The maximum absolute atomic E-state index is 12.9. The summed E-state index contributed by atoms with van der Waals surface area (Å²) in [6.45, 7) is 8.77. The third-order valence-corrected chi connectivity index (χ3v) is 4.53. The summed E-state index contributed by atoms with van der Waals surface area (Å²) < 4.78 is 22.2. The zero-order valence-electron chi connectivity index (χ0n) is 18.6. The van der Waals surface area contributed by atoms with Crippen LogP contribution < -0.4 is 24.3 Å². The van der Waals surface area contributed by atoms with Crippen molar-refractivity contribution in [2.45, 2.75) is 33.7 Å². The van der Waals surface area contributed by atoms with Gasteiger partial charge in [0.25, 0.3) is 5.91 Å². The topological polar surface area (TPSA) is 66.0 Å². The van der Waals surface area contributed by atoms with Gasteiger partial charge in [0.1, 0.15) is 0 Å². The second kappa shape index (κ2) is 11.1. The first-order chi connectivity index (χ1) is 14.5. The highest BCUT2D eigenvalue weighted by Gasteiger charge is 2.18. The smallest absolute Gasteiger partial charge is 0.251 e. The first-order valence-electron chi connectivity index (χ1n) is 10.1. The number of methoxy groups -OCH3 is 2. The minimum atomic E-state index is -0.231. The van der Waals surface area contributed by atoms with E-state index in [1.54, 1.807) is 26.4 Å². The van der Waals surface area contributed by atoms with Gasteiger partial charge in [-0.15, -0.1) is 0 Å². The summed E-state index contributed by atoms with van der Waals surface area (Å²) in [6, 6.07) is 8.93. The van der Waals surface area contributed by atoms with Crippen molar-refractivity contribution in [3.8, 4) is 23.0 Å². The molecule has 0 bridgehead atoms. The first kappa shape index (κ1) is 23.1. The molecule has 0 radical (unpaired) electrons. The number of ether oxygens (including phenoxy) is 4. The normalized spacial score (nSPS) is 11.8.